The van der Waals surface area contributed by atoms with Crippen LogP contribution in [-0.2, 0) is 6.54 Å². The normalized spacial score (nSPS) is 12.6. The van der Waals surface area contributed by atoms with Crippen LogP contribution in [0, 0.1) is 5.82 Å². The number of rotatable bonds is 8. The zero-order chi connectivity index (χ0) is 12.5. The van der Waals surface area contributed by atoms with Crippen molar-refractivity contribution in [1.29, 1.82) is 0 Å². The first-order chi connectivity index (χ1) is 8.26. The molecule has 17 heavy (non-hydrogen) atoms. The molecule has 96 valence electrons. The van der Waals surface area contributed by atoms with E-state index in [0.29, 0.717) is 6.04 Å². The molecule has 0 saturated carbocycles. The van der Waals surface area contributed by atoms with E-state index in [1.165, 1.54) is 37.8 Å². The van der Waals surface area contributed by atoms with Gasteiger partial charge in [-0.05, 0) is 30.5 Å². The van der Waals surface area contributed by atoms with Gasteiger partial charge < -0.3 is 5.32 Å². The molecule has 0 aliphatic rings. The SMILES string of the molecule is CCCCCC(CC)NCc1ccc(F)cc1. The van der Waals surface area contributed by atoms with Gasteiger partial charge in [-0.15, -0.1) is 0 Å². The fraction of sp³-hybridized carbons (Fsp3) is 0.600. The number of nitrogens with one attached hydrogen (secondary N) is 1. The van der Waals surface area contributed by atoms with Crippen LogP contribution in [0.4, 0.5) is 4.39 Å². The molecule has 1 unspecified atom stereocenters. The Hall–Kier alpha value is -0.890. The van der Waals surface area contributed by atoms with E-state index < -0.39 is 0 Å². The predicted molar refractivity (Wildman–Crippen MR) is 71.5 cm³/mol. The maximum atomic E-state index is 12.7. The summed E-state index contributed by atoms with van der Waals surface area (Å²) in [6.07, 6.45) is 6.28. The van der Waals surface area contributed by atoms with Crippen LogP contribution in [0.15, 0.2) is 24.3 Å². The van der Waals surface area contributed by atoms with E-state index in [9.17, 15) is 4.39 Å². The molecule has 0 amide bonds. The maximum Gasteiger partial charge on any atom is 0.123 e. The van der Waals surface area contributed by atoms with Crippen LogP contribution < -0.4 is 5.32 Å². The molecule has 0 aliphatic heterocycles. The second-order valence-corrected chi connectivity index (χ2v) is 4.61. The second kappa shape index (κ2) is 8.24. The van der Waals surface area contributed by atoms with Crippen LogP contribution in [-0.4, -0.2) is 6.04 Å². The highest BCUT2D eigenvalue weighted by atomic mass is 19.1. The Balaban J connectivity index is 2.29. The summed E-state index contributed by atoms with van der Waals surface area (Å²) in [5.74, 6) is -0.163. The third-order valence-corrected chi connectivity index (χ3v) is 3.16. The second-order valence-electron chi connectivity index (χ2n) is 4.61. The molecular formula is C15H24FN. The summed E-state index contributed by atoms with van der Waals surface area (Å²) in [7, 11) is 0. The number of unbranched alkanes of at least 4 members (excludes halogenated alkanes) is 2. The summed E-state index contributed by atoms with van der Waals surface area (Å²) in [6, 6.07) is 7.33. The van der Waals surface area contributed by atoms with Crippen LogP contribution in [0.1, 0.15) is 51.5 Å². The third-order valence-electron chi connectivity index (χ3n) is 3.16. The molecule has 0 aliphatic carbocycles. The number of halogens is 1. The van der Waals surface area contributed by atoms with Crippen molar-refractivity contribution in [3.05, 3.63) is 35.6 Å². The monoisotopic (exact) mass is 237 g/mol. The van der Waals surface area contributed by atoms with E-state index in [1.807, 2.05) is 12.1 Å². The Morgan fingerprint density at radius 1 is 1.12 bits per heavy atom. The fourth-order valence-corrected chi connectivity index (χ4v) is 1.96. The first-order valence-electron chi connectivity index (χ1n) is 6.74. The van der Waals surface area contributed by atoms with Crippen molar-refractivity contribution in [1.82, 2.24) is 5.32 Å². The minimum absolute atomic E-state index is 0.163. The lowest BCUT2D eigenvalue weighted by atomic mass is 10.1. The van der Waals surface area contributed by atoms with Gasteiger partial charge in [-0.1, -0.05) is 45.2 Å². The smallest absolute Gasteiger partial charge is 0.123 e. The van der Waals surface area contributed by atoms with E-state index in [0.717, 1.165) is 18.5 Å². The van der Waals surface area contributed by atoms with E-state index in [2.05, 4.69) is 19.2 Å². The Labute approximate surface area is 104 Å². The quantitative estimate of drug-likeness (QED) is 0.666. The Morgan fingerprint density at radius 3 is 2.41 bits per heavy atom. The molecule has 0 bridgehead atoms. The molecule has 1 N–H and O–H groups in total. The molecule has 1 aromatic rings. The van der Waals surface area contributed by atoms with Crippen LogP contribution in [0.3, 0.4) is 0 Å². The third kappa shape index (κ3) is 5.83. The van der Waals surface area contributed by atoms with Crippen LogP contribution in [0.25, 0.3) is 0 Å². The van der Waals surface area contributed by atoms with Gasteiger partial charge in [0, 0.05) is 12.6 Å². The molecule has 0 spiro atoms. The number of hydrogen-bond donors (Lipinski definition) is 1. The molecule has 0 fully saturated rings. The van der Waals surface area contributed by atoms with Gasteiger partial charge in [-0.25, -0.2) is 4.39 Å². The topological polar surface area (TPSA) is 12.0 Å². The van der Waals surface area contributed by atoms with Crippen molar-refractivity contribution in [2.45, 2.75) is 58.5 Å². The van der Waals surface area contributed by atoms with Gasteiger partial charge in [0.2, 0.25) is 0 Å². The molecule has 0 aromatic heterocycles. The summed E-state index contributed by atoms with van der Waals surface area (Å²) in [5, 5.41) is 3.54. The minimum atomic E-state index is -0.163. The largest absolute Gasteiger partial charge is 0.310 e. The van der Waals surface area contributed by atoms with Gasteiger partial charge in [0.1, 0.15) is 5.82 Å². The summed E-state index contributed by atoms with van der Waals surface area (Å²) in [4.78, 5) is 0. The van der Waals surface area contributed by atoms with Crippen LogP contribution in [0.2, 0.25) is 0 Å². The Bertz CT molecular complexity index is 294. The molecule has 1 atom stereocenters. The number of benzene rings is 1. The van der Waals surface area contributed by atoms with Gasteiger partial charge in [-0.3, -0.25) is 0 Å². The van der Waals surface area contributed by atoms with Crippen molar-refractivity contribution < 1.29 is 4.39 Å². The zero-order valence-electron chi connectivity index (χ0n) is 11.0. The van der Waals surface area contributed by atoms with Crippen molar-refractivity contribution in [3.8, 4) is 0 Å². The molecule has 0 radical (unpaired) electrons. The molecule has 2 heteroatoms. The molecule has 1 nitrogen and oxygen atoms in total. The summed E-state index contributed by atoms with van der Waals surface area (Å²) in [6.45, 7) is 5.28. The molecular weight excluding hydrogens is 213 g/mol. The molecule has 0 heterocycles. The highest BCUT2D eigenvalue weighted by molar-refractivity contribution is 5.15. The highest BCUT2D eigenvalue weighted by Gasteiger charge is 2.04. The summed E-state index contributed by atoms with van der Waals surface area (Å²) < 4.78 is 12.7. The van der Waals surface area contributed by atoms with E-state index >= 15 is 0 Å². The van der Waals surface area contributed by atoms with Crippen LogP contribution in [0.5, 0.6) is 0 Å². The van der Waals surface area contributed by atoms with Gasteiger partial charge >= 0.3 is 0 Å². The van der Waals surface area contributed by atoms with Crippen molar-refractivity contribution >= 4 is 0 Å². The lowest BCUT2D eigenvalue weighted by Gasteiger charge is -2.16. The summed E-state index contributed by atoms with van der Waals surface area (Å²) >= 11 is 0. The van der Waals surface area contributed by atoms with Crippen molar-refractivity contribution in [3.63, 3.8) is 0 Å². The molecule has 1 rings (SSSR count). The lowest BCUT2D eigenvalue weighted by molar-refractivity contribution is 0.446. The minimum Gasteiger partial charge on any atom is -0.310 e. The van der Waals surface area contributed by atoms with Crippen molar-refractivity contribution in [2.24, 2.45) is 0 Å². The van der Waals surface area contributed by atoms with Crippen molar-refractivity contribution in [2.75, 3.05) is 0 Å². The lowest BCUT2D eigenvalue weighted by Crippen LogP contribution is -2.27. The standard InChI is InChI=1S/C15H24FN/c1-3-5-6-7-15(4-2)17-12-13-8-10-14(16)11-9-13/h8-11,15,17H,3-7,12H2,1-2H3. The van der Waals surface area contributed by atoms with Crippen LogP contribution >= 0.6 is 0 Å². The van der Waals surface area contributed by atoms with Gasteiger partial charge in [0.15, 0.2) is 0 Å². The van der Waals surface area contributed by atoms with Gasteiger partial charge in [0.25, 0.3) is 0 Å². The zero-order valence-corrected chi connectivity index (χ0v) is 11.0. The Morgan fingerprint density at radius 2 is 1.82 bits per heavy atom. The average molecular weight is 237 g/mol. The first-order valence-corrected chi connectivity index (χ1v) is 6.74. The first kappa shape index (κ1) is 14.2. The van der Waals surface area contributed by atoms with E-state index in [-0.39, 0.29) is 5.82 Å². The molecule has 1 aromatic carbocycles. The highest BCUT2D eigenvalue weighted by Crippen LogP contribution is 2.08. The predicted octanol–water partition coefficient (Wildman–Crippen LogP) is 4.27. The fourth-order valence-electron chi connectivity index (χ4n) is 1.96. The van der Waals surface area contributed by atoms with Gasteiger partial charge in [-0.2, -0.15) is 0 Å². The summed E-state index contributed by atoms with van der Waals surface area (Å²) in [5.41, 5.74) is 1.15. The maximum absolute atomic E-state index is 12.7. The van der Waals surface area contributed by atoms with E-state index in [4.69, 9.17) is 0 Å². The average Bonchev–Trinajstić information content (AvgIpc) is 2.35. The number of hydrogen-bond acceptors (Lipinski definition) is 1. The van der Waals surface area contributed by atoms with Gasteiger partial charge in [0.05, 0.1) is 0 Å². The Kier molecular flexibility index (Phi) is 6.87. The molecule has 0 saturated heterocycles. The van der Waals surface area contributed by atoms with E-state index in [1.54, 1.807) is 0 Å².